The second kappa shape index (κ2) is 6.81. The van der Waals surface area contributed by atoms with Gasteiger partial charge in [-0.1, -0.05) is 35.1 Å². The molecule has 0 radical (unpaired) electrons. The van der Waals surface area contributed by atoms with Crippen molar-refractivity contribution in [1.29, 1.82) is 0 Å². The fraction of sp³-hybridized carbons (Fsp3) is 0.278. The molecule has 0 aliphatic carbocycles. The SMILES string of the molecule is CC(C)(C)NS(=O)(=O)c1ccc2c(c1)sc(=O)n2Cc1ccc(Cl)cc1. The number of nitrogens with zero attached hydrogens (tertiary/aromatic N) is 1. The number of benzene rings is 2. The molecule has 0 aliphatic heterocycles. The van der Waals surface area contributed by atoms with Crippen molar-refractivity contribution in [2.24, 2.45) is 0 Å². The van der Waals surface area contributed by atoms with Crippen molar-refractivity contribution >= 4 is 43.2 Å². The number of rotatable bonds is 4. The maximum absolute atomic E-state index is 12.5. The Labute approximate surface area is 161 Å². The Morgan fingerprint density at radius 1 is 1.12 bits per heavy atom. The summed E-state index contributed by atoms with van der Waals surface area (Å²) >= 11 is 6.93. The Morgan fingerprint density at radius 2 is 1.77 bits per heavy atom. The van der Waals surface area contributed by atoms with Crippen LogP contribution in [0.25, 0.3) is 10.2 Å². The van der Waals surface area contributed by atoms with E-state index < -0.39 is 15.6 Å². The van der Waals surface area contributed by atoms with Crippen LogP contribution in [0, 0.1) is 0 Å². The van der Waals surface area contributed by atoms with E-state index in [1.165, 1.54) is 6.07 Å². The predicted octanol–water partition coefficient (Wildman–Crippen LogP) is 3.84. The molecule has 0 amide bonds. The van der Waals surface area contributed by atoms with E-state index in [1.807, 2.05) is 12.1 Å². The summed E-state index contributed by atoms with van der Waals surface area (Å²) in [5.41, 5.74) is 1.08. The van der Waals surface area contributed by atoms with E-state index in [0.29, 0.717) is 21.8 Å². The average molecular weight is 411 g/mol. The van der Waals surface area contributed by atoms with Gasteiger partial charge in [-0.15, -0.1) is 0 Å². The maximum atomic E-state index is 12.5. The number of hydrogen-bond donors (Lipinski definition) is 1. The summed E-state index contributed by atoms with van der Waals surface area (Å²) in [5.74, 6) is 0. The Morgan fingerprint density at radius 3 is 2.38 bits per heavy atom. The highest BCUT2D eigenvalue weighted by Gasteiger charge is 2.23. The van der Waals surface area contributed by atoms with Gasteiger partial charge in [0, 0.05) is 10.6 Å². The normalized spacial score (nSPS) is 12.6. The van der Waals surface area contributed by atoms with Gasteiger partial charge in [-0.25, -0.2) is 13.1 Å². The molecule has 0 bridgehead atoms. The van der Waals surface area contributed by atoms with Crippen LogP contribution in [0.3, 0.4) is 0 Å². The van der Waals surface area contributed by atoms with Crippen LogP contribution in [0.15, 0.2) is 52.2 Å². The predicted molar refractivity (Wildman–Crippen MR) is 107 cm³/mol. The fourth-order valence-corrected chi connectivity index (χ4v) is 5.17. The fourth-order valence-electron chi connectivity index (χ4n) is 2.60. The van der Waals surface area contributed by atoms with Crippen LogP contribution in [0.2, 0.25) is 5.02 Å². The van der Waals surface area contributed by atoms with Gasteiger partial charge < -0.3 is 0 Å². The minimum Gasteiger partial charge on any atom is -0.294 e. The summed E-state index contributed by atoms with van der Waals surface area (Å²) < 4.78 is 29.9. The number of halogens is 1. The lowest BCUT2D eigenvalue weighted by atomic mass is 10.1. The smallest absolute Gasteiger partial charge is 0.294 e. The van der Waals surface area contributed by atoms with Crippen molar-refractivity contribution in [3.05, 3.63) is 62.7 Å². The van der Waals surface area contributed by atoms with Crippen molar-refractivity contribution in [3.8, 4) is 0 Å². The molecule has 1 aromatic heterocycles. The van der Waals surface area contributed by atoms with E-state index in [2.05, 4.69) is 4.72 Å². The van der Waals surface area contributed by atoms with Crippen molar-refractivity contribution in [2.75, 3.05) is 0 Å². The van der Waals surface area contributed by atoms with Gasteiger partial charge in [-0.2, -0.15) is 0 Å². The second-order valence-corrected chi connectivity index (χ2v) is 10.2. The summed E-state index contributed by atoms with van der Waals surface area (Å²) in [6.45, 7) is 5.75. The monoisotopic (exact) mass is 410 g/mol. The Balaban J connectivity index is 2.00. The zero-order valence-electron chi connectivity index (χ0n) is 14.6. The lowest BCUT2D eigenvalue weighted by Gasteiger charge is -2.20. The van der Waals surface area contributed by atoms with Crippen LogP contribution >= 0.6 is 22.9 Å². The topological polar surface area (TPSA) is 68.2 Å². The molecule has 0 fully saturated rings. The van der Waals surface area contributed by atoms with Gasteiger partial charge in [0.15, 0.2) is 0 Å². The van der Waals surface area contributed by atoms with Crippen molar-refractivity contribution in [2.45, 2.75) is 37.8 Å². The van der Waals surface area contributed by atoms with Gasteiger partial charge in [0.1, 0.15) is 0 Å². The second-order valence-electron chi connectivity index (χ2n) is 7.07. The highest BCUT2D eigenvalue weighted by atomic mass is 35.5. The minimum absolute atomic E-state index is 0.131. The third kappa shape index (κ3) is 4.17. The largest absolute Gasteiger partial charge is 0.308 e. The first-order valence-corrected chi connectivity index (χ1v) is 10.6. The van der Waals surface area contributed by atoms with Gasteiger partial charge in [0.25, 0.3) is 0 Å². The zero-order chi connectivity index (χ0) is 19.1. The van der Waals surface area contributed by atoms with Crippen LogP contribution < -0.4 is 9.60 Å². The van der Waals surface area contributed by atoms with Crippen molar-refractivity contribution in [1.82, 2.24) is 9.29 Å². The van der Waals surface area contributed by atoms with E-state index in [4.69, 9.17) is 11.6 Å². The zero-order valence-corrected chi connectivity index (χ0v) is 17.0. The molecular formula is C18H19ClN2O3S2. The maximum Gasteiger partial charge on any atom is 0.308 e. The van der Waals surface area contributed by atoms with Crippen molar-refractivity contribution in [3.63, 3.8) is 0 Å². The van der Waals surface area contributed by atoms with Crippen LogP contribution in [0.1, 0.15) is 26.3 Å². The molecule has 0 aliphatic rings. The van der Waals surface area contributed by atoms with Gasteiger partial charge in [0.05, 0.1) is 21.7 Å². The Kier molecular flexibility index (Phi) is 5.00. The van der Waals surface area contributed by atoms with Crippen LogP contribution in [-0.4, -0.2) is 18.5 Å². The highest BCUT2D eigenvalue weighted by molar-refractivity contribution is 7.89. The van der Waals surface area contributed by atoms with Gasteiger partial charge in [-0.3, -0.25) is 9.36 Å². The van der Waals surface area contributed by atoms with Crippen LogP contribution in [0.5, 0.6) is 0 Å². The van der Waals surface area contributed by atoms with E-state index >= 15 is 0 Å². The number of sulfonamides is 1. The van der Waals surface area contributed by atoms with Crippen LogP contribution in [0.4, 0.5) is 0 Å². The molecule has 26 heavy (non-hydrogen) atoms. The summed E-state index contributed by atoms with van der Waals surface area (Å²) in [6.07, 6.45) is 0. The molecule has 0 unspecified atom stereocenters. The van der Waals surface area contributed by atoms with E-state index in [0.717, 1.165) is 16.9 Å². The number of fused-ring (bicyclic) bond motifs is 1. The third-order valence-electron chi connectivity index (χ3n) is 3.64. The Bertz CT molecular complexity index is 1110. The standard InChI is InChI=1S/C18H19ClN2O3S2/c1-18(2,3)20-26(23,24)14-8-9-15-16(10-14)25-17(22)21(15)11-12-4-6-13(19)7-5-12/h4-10,20H,11H2,1-3H3. The van der Waals surface area contributed by atoms with Gasteiger partial charge >= 0.3 is 4.87 Å². The summed E-state index contributed by atoms with van der Waals surface area (Å²) in [7, 11) is -3.65. The molecule has 138 valence electrons. The van der Waals surface area contributed by atoms with E-state index in [-0.39, 0.29) is 9.77 Å². The Hall–Kier alpha value is -1.67. The molecular weight excluding hydrogens is 392 g/mol. The molecule has 0 saturated heterocycles. The lowest BCUT2D eigenvalue weighted by molar-refractivity contribution is 0.491. The first kappa shape index (κ1) is 19.1. The molecule has 0 atom stereocenters. The lowest BCUT2D eigenvalue weighted by Crippen LogP contribution is -2.40. The summed E-state index contributed by atoms with van der Waals surface area (Å²) in [5, 5.41) is 0.637. The molecule has 0 saturated carbocycles. The first-order chi connectivity index (χ1) is 12.0. The van der Waals surface area contributed by atoms with Crippen molar-refractivity contribution < 1.29 is 8.42 Å². The quantitative estimate of drug-likeness (QED) is 0.710. The molecule has 2 aromatic carbocycles. The highest BCUT2D eigenvalue weighted by Crippen LogP contribution is 2.23. The summed E-state index contributed by atoms with van der Waals surface area (Å²) in [4.78, 5) is 12.4. The summed E-state index contributed by atoms with van der Waals surface area (Å²) in [6, 6.07) is 12.0. The minimum atomic E-state index is -3.65. The molecule has 0 spiro atoms. The molecule has 5 nitrogen and oxygen atoms in total. The van der Waals surface area contributed by atoms with Gasteiger partial charge in [0.2, 0.25) is 10.0 Å². The number of nitrogens with one attached hydrogen (secondary N) is 1. The molecule has 1 heterocycles. The average Bonchev–Trinajstić information content (AvgIpc) is 2.82. The number of aromatic nitrogens is 1. The molecule has 3 rings (SSSR count). The molecule has 3 aromatic rings. The number of thiazole rings is 1. The molecule has 1 N–H and O–H groups in total. The van der Waals surface area contributed by atoms with E-state index in [9.17, 15) is 13.2 Å². The van der Waals surface area contributed by atoms with E-state index in [1.54, 1.807) is 49.6 Å². The van der Waals surface area contributed by atoms with Gasteiger partial charge in [-0.05, 0) is 56.7 Å². The third-order valence-corrected chi connectivity index (χ3v) is 6.59. The van der Waals surface area contributed by atoms with Crippen LogP contribution in [-0.2, 0) is 16.6 Å². The first-order valence-electron chi connectivity index (χ1n) is 7.97. The molecule has 8 heteroatoms. The number of hydrogen-bond acceptors (Lipinski definition) is 4.